The Hall–Kier alpha value is -3.04. The molecule has 0 atom stereocenters. The van der Waals surface area contributed by atoms with Gasteiger partial charge in [-0.15, -0.1) is 11.8 Å². The second kappa shape index (κ2) is 12.4. The molecule has 0 spiro atoms. The third-order valence-corrected chi connectivity index (χ3v) is 9.36. The molecule has 214 valence electrons. The Kier molecular flexibility index (Phi) is 8.94. The highest BCUT2D eigenvalue weighted by molar-refractivity contribution is 7.98. The predicted molar refractivity (Wildman–Crippen MR) is 167 cm³/mol. The van der Waals surface area contributed by atoms with Gasteiger partial charge in [-0.25, -0.2) is 0 Å². The molecule has 5 rings (SSSR count). The lowest BCUT2D eigenvalue weighted by Gasteiger charge is -2.32. The standard InChI is InChI=1S/C31H32Cl2N4O3S/c1-18-30(19(2)38)21(8-10-29(39)37-13-11-36(3)12-14-37)28(34-18)16-23-22-15-20(7-9-27(22)35-31(23)40)41-17-24-25(32)5-4-6-26(24)33/h4-7,9,15-16,34H,8,10-14,17H2,1-3H3,(H,35,40)/b23-16-. The number of carbonyl (C=O) groups excluding carboxylic acids is 3. The summed E-state index contributed by atoms with van der Waals surface area (Å²) in [5.74, 6) is 0.376. The third-order valence-electron chi connectivity index (χ3n) is 7.63. The van der Waals surface area contributed by atoms with Crippen LogP contribution in [0.3, 0.4) is 0 Å². The summed E-state index contributed by atoms with van der Waals surface area (Å²) in [6.07, 6.45) is 2.51. The number of aryl methyl sites for hydroxylation is 1. The van der Waals surface area contributed by atoms with Crippen LogP contribution < -0.4 is 5.32 Å². The van der Waals surface area contributed by atoms with E-state index in [-0.39, 0.29) is 17.6 Å². The first-order valence-electron chi connectivity index (χ1n) is 13.5. The van der Waals surface area contributed by atoms with Crippen molar-refractivity contribution in [1.82, 2.24) is 14.8 Å². The number of nitrogens with one attached hydrogen (secondary N) is 2. The van der Waals surface area contributed by atoms with Gasteiger partial charge in [-0.2, -0.15) is 0 Å². The maximum absolute atomic E-state index is 13.1. The van der Waals surface area contributed by atoms with E-state index >= 15 is 0 Å². The van der Waals surface area contributed by atoms with E-state index < -0.39 is 0 Å². The number of aromatic amines is 1. The summed E-state index contributed by atoms with van der Waals surface area (Å²) >= 11 is 14.3. The molecule has 41 heavy (non-hydrogen) atoms. The zero-order valence-electron chi connectivity index (χ0n) is 23.3. The molecule has 3 heterocycles. The van der Waals surface area contributed by atoms with Crippen LogP contribution in [0.2, 0.25) is 10.0 Å². The minimum absolute atomic E-state index is 0.0707. The topological polar surface area (TPSA) is 85.5 Å². The molecule has 0 saturated carbocycles. The van der Waals surface area contributed by atoms with E-state index in [1.165, 1.54) is 6.92 Å². The molecule has 2 amide bonds. The number of carbonyl (C=O) groups is 3. The monoisotopic (exact) mass is 610 g/mol. The molecule has 1 aromatic heterocycles. The molecule has 2 aromatic carbocycles. The van der Waals surface area contributed by atoms with Gasteiger partial charge in [0.25, 0.3) is 5.91 Å². The van der Waals surface area contributed by atoms with Gasteiger partial charge in [0, 0.05) is 81.5 Å². The van der Waals surface area contributed by atoms with Gasteiger partial charge in [0.1, 0.15) is 0 Å². The number of ketones is 1. The Labute approximate surface area is 254 Å². The average molecular weight is 612 g/mol. The summed E-state index contributed by atoms with van der Waals surface area (Å²) in [7, 11) is 2.05. The number of likely N-dealkylation sites (N-methyl/N-ethyl adjacent to an activating group) is 1. The fourth-order valence-corrected chi connectivity index (χ4v) is 7.05. The lowest BCUT2D eigenvalue weighted by molar-refractivity contribution is -0.132. The molecule has 3 aromatic rings. The van der Waals surface area contributed by atoms with Crippen molar-refractivity contribution in [2.75, 3.05) is 38.5 Å². The SMILES string of the molecule is CC(=O)c1c(C)[nH]c(/C=C2\C(=O)Nc3ccc(SCc4c(Cl)cccc4Cl)cc32)c1CCC(=O)N1CCN(C)CC1. The summed E-state index contributed by atoms with van der Waals surface area (Å²) in [4.78, 5) is 47.1. The number of thioether (sulfide) groups is 1. The van der Waals surface area contributed by atoms with Gasteiger partial charge in [0.2, 0.25) is 5.91 Å². The summed E-state index contributed by atoms with van der Waals surface area (Å²) < 4.78 is 0. The molecular weight excluding hydrogens is 579 g/mol. The molecule has 1 fully saturated rings. The van der Waals surface area contributed by atoms with E-state index in [1.807, 2.05) is 48.2 Å². The number of benzene rings is 2. The minimum Gasteiger partial charge on any atom is -0.358 e. The summed E-state index contributed by atoms with van der Waals surface area (Å²) in [5.41, 5.74) is 5.63. The summed E-state index contributed by atoms with van der Waals surface area (Å²) in [6.45, 7) is 6.50. The smallest absolute Gasteiger partial charge is 0.256 e. The van der Waals surface area contributed by atoms with Gasteiger partial charge < -0.3 is 20.1 Å². The molecule has 10 heteroatoms. The average Bonchev–Trinajstić information content (AvgIpc) is 3.42. The van der Waals surface area contributed by atoms with Crippen LogP contribution >= 0.6 is 35.0 Å². The van der Waals surface area contributed by atoms with E-state index in [4.69, 9.17) is 23.2 Å². The Morgan fingerprint density at radius 2 is 1.76 bits per heavy atom. The van der Waals surface area contributed by atoms with Gasteiger partial charge in [-0.1, -0.05) is 29.3 Å². The van der Waals surface area contributed by atoms with Crippen LogP contribution in [0, 0.1) is 6.92 Å². The molecule has 1 saturated heterocycles. The Balaban J connectivity index is 1.41. The van der Waals surface area contributed by atoms with E-state index in [9.17, 15) is 14.4 Å². The molecule has 0 unspecified atom stereocenters. The first-order valence-corrected chi connectivity index (χ1v) is 15.3. The van der Waals surface area contributed by atoms with Crippen molar-refractivity contribution < 1.29 is 14.4 Å². The van der Waals surface area contributed by atoms with Crippen LogP contribution in [0.15, 0.2) is 41.3 Å². The highest BCUT2D eigenvalue weighted by Crippen LogP contribution is 2.39. The maximum atomic E-state index is 13.1. The number of fused-ring (bicyclic) bond motifs is 1. The van der Waals surface area contributed by atoms with Crippen LogP contribution in [-0.2, 0) is 21.8 Å². The number of aromatic nitrogens is 1. The number of piperazine rings is 1. The number of rotatable bonds is 8. The number of amides is 2. The molecule has 2 aliphatic rings. The van der Waals surface area contributed by atoms with E-state index in [2.05, 4.69) is 22.2 Å². The first-order chi connectivity index (χ1) is 19.6. The largest absolute Gasteiger partial charge is 0.358 e. The second-order valence-corrected chi connectivity index (χ2v) is 12.3. The number of hydrogen-bond donors (Lipinski definition) is 2. The number of halogens is 2. The molecule has 7 nitrogen and oxygen atoms in total. The molecule has 0 radical (unpaired) electrons. The number of anilines is 1. The van der Waals surface area contributed by atoms with Gasteiger partial charge in [-0.05, 0) is 74.9 Å². The van der Waals surface area contributed by atoms with Crippen LogP contribution in [0.25, 0.3) is 11.6 Å². The highest BCUT2D eigenvalue weighted by Gasteiger charge is 2.27. The zero-order valence-corrected chi connectivity index (χ0v) is 25.6. The van der Waals surface area contributed by atoms with Crippen molar-refractivity contribution in [2.24, 2.45) is 0 Å². The maximum Gasteiger partial charge on any atom is 0.256 e. The predicted octanol–water partition coefficient (Wildman–Crippen LogP) is 6.32. The normalized spacial score (nSPS) is 16.3. The van der Waals surface area contributed by atoms with Gasteiger partial charge in [-0.3, -0.25) is 14.4 Å². The van der Waals surface area contributed by atoms with Crippen molar-refractivity contribution in [3.05, 3.63) is 80.1 Å². The second-order valence-electron chi connectivity index (χ2n) is 10.5. The Morgan fingerprint density at radius 3 is 2.44 bits per heavy atom. The van der Waals surface area contributed by atoms with Crippen LogP contribution in [0.4, 0.5) is 5.69 Å². The number of nitrogens with zero attached hydrogens (tertiary/aromatic N) is 2. The first kappa shape index (κ1) is 29.5. The molecular formula is C31H32Cl2N4O3S. The van der Waals surface area contributed by atoms with E-state index in [0.29, 0.717) is 58.6 Å². The number of hydrogen-bond acceptors (Lipinski definition) is 5. The van der Waals surface area contributed by atoms with Crippen molar-refractivity contribution in [2.45, 2.75) is 37.3 Å². The summed E-state index contributed by atoms with van der Waals surface area (Å²) in [5, 5.41) is 4.18. The fraction of sp³-hybridized carbons (Fsp3) is 0.323. The highest BCUT2D eigenvalue weighted by atomic mass is 35.5. The Morgan fingerprint density at radius 1 is 1.05 bits per heavy atom. The summed E-state index contributed by atoms with van der Waals surface area (Å²) in [6, 6.07) is 11.3. The van der Waals surface area contributed by atoms with Crippen molar-refractivity contribution in [3.63, 3.8) is 0 Å². The van der Waals surface area contributed by atoms with Crippen molar-refractivity contribution in [1.29, 1.82) is 0 Å². The van der Waals surface area contributed by atoms with Crippen LogP contribution in [-0.4, -0.2) is 65.6 Å². The van der Waals surface area contributed by atoms with E-state index in [1.54, 1.807) is 17.8 Å². The molecule has 2 aliphatic heterocycles. The molecule has 0 aliphatic carbocycles. The number of H-pyrrole nitrogens is 1. The van der Waals surface area contributed by atoms with E-state index in [0.717, 1.165) is 46.1 Å². The van der Waals surface area contributed by atoms with Gasteiger partial charge in [0.05, 0.1) is 5.57 Å². The van der Waals surface area contributed by atoms with Crippen molar-refractivity contribution >= 4 is 69.9 Å². The quantitative estimate of drug-likeness (QED) is 0.177. The number of Topliss-reactive ketones (excluding diaryl/α,β-unsaturated/α-hetero) is 1. The molecule has 0 bridgehead atoms. The fourth-order valence-electron chi connectivity index (χ4n) is 5.38. The molecule has 2 N–H and O–H groups in total. The van der Waals surface area contributed by atoms with Crippen LogP contribution in [0.1, 0.15) is 51.8 Å². The van der Waals surface area contributed by atoms with Crippen molar-refractivity contribution in [3.8, 4) is 0 Å². The van der Waals surface area contributed by atoms with Gasteiger partial charge >= 0.3 is 0 Å². The van der Waals surface area contributed by atoms with Gasteiger partial charge in [0.15, 0.2) is 5.78 Å². The lowest BCUT2D eigenvalue weighted by Crippen LogP contribution is -2.47. The zero-order chi connectivity index (χ0) is 29.3. The van der Waals surface area contributed by atoms with Crippen LogP contribution in [0.5, 0.6) is 0 Å². The minimum atomic E-state index is -0.215. The lowest BCUT2D eigenvalue weighted by atomic mass is 9.98. The Bertz CT molecular complexity index is 1540. The third kappa shape index (κ3) is 6.41.